The van der Waals surface area contributed by atoms with Gasteiger partial charge in [0.25, 0.3) is 0 Å². The van der Waals surface area contributed by atoms with Crippen LogP contribution in [0, 0.1) is 11.8 Å². The Kier molecular flexibility index (Phi) is 3.50. The molecule has 0 radical (unpaired) electrons. The van der Waals surface area contributed by atoms with Crippen molar-refractivity contribution in [1.29, 1.82) is 0 Å². The number of benzene rings is 1. The van der Waals surface area contributed by atoms with Crippen molar-refractivity contribution in [2.45, 2.75) is 44.8 Å². The summed E-state index contributed by atoms with van der Waals surface area (Å²) in [7, 11) is 0. The summed E-state index contributed by atoms with van der Waals surface area (Å²) in [6.45, 7) is 5.66. The molecule has 1 spiro atoms. The Morgan fingerprint density at radius 3 is 2.68 bits per heavy atom. The van der Waals surface area contributed by atoms with Crippen molar-refractivity contribution in [1.82, 2.24) is 10.2 Å². The number of halogens is 1. The number of carbonyl (C=O) groups excluding carboxylic acids is 3. The normalized spacial score (nSPS) is 34.5. The Morgan fingerprint density at radius 2 is 2.00 bits per heavy atom. The second-order valence-corrected chi connectivity index (χ2v) is 7.63. The van der Waals surface area contributed by atoms with E-state index < -0.39 is 17.4 Å². The lowest BCUT2D eigenvalue weighted by molar-refractivity contribution is -0.145. The van der Waals surface area contributed by atoms with Crippen LogP contribution in [0.15, 0.2) is 18.2 Å². The van der Waals surface area contributed by atoms with E-state index in [1.807, 2.05) is 20.8 Å². The van der Waals surface area contributed by atoms with Crippen LogP contribution >= 0.6 is 11.6 Å². The molecule has 2 fully saturated rings. The molecule has 0 aliphatic carbocycles. The lowest BCUT2D eigenvalue weighted by atomic mass is 9.76. The molecule has 0 unspecified atom stereocenters. The monoisotopic (exact) mass is 361 g/mol. The minimum atomic E-state index is -1.24. The maximum atomic E-state index is 13.2. The first-order chi connectivity index (χ1) is 11.8. The van der Waals surface area contributed by atoms with E-state index >= 15 is 0 Å². The van der Waals surface area contributed by atoms with Crippen LogP contribution in [0.2, 0.25) is 5.02 Å². The Bertz CT molecular complexity index is 811. The molecule has 6 nitrogen and oxygen atoms in total. The summed E-state index contributed by atoms with van der Waals surface area (Å²) >= 11 is 6.15. The number of nitrogens with one attached hydrogen (secondary N) is 2. The Labute approximate surface area is 150 Å². The average molecular weight is 362 g/mol. The Balaban J connectivity index is 1.89. The third kappa shape index (κ3) is 1.92. The molecule has 132 valence electrons. The van der Waals surface area contributed by atoms with Crippen molar-refractivity contribution < 1.29 is 14.4 Å². The van der Waals surface area contributed by atoms with Gasteiger partial charge in [0.05, 0.1) is 11.8 Å². The molecule has 1 aromatic rings. The molecule has 0 saturated carbocycles. The Hall–Kier alpha value is -1.92. The number of likely N-dealkylation sites (tertiary alicyclic amines) is 1. The van der Waals surface area contributed by atoms with E-state index in [0.717, 1.165) is 0 Å². The van der Waals surface area contributed by atoms with Gasteiger partial charge in [-0.1, -0.05) is 18.5 Å². The first kappa shape index (κ1) is 16.5. The van der Waals surface area contributed by atoms with Gasteiger partial charge in [-0.15, -0.1) is 0 Å². The lowest BCUT2D eigenvalue weighted by Gasteiger charge is -2.30. The van der Waals surface area contributed by atoms with Gasteiger partial charge >= 0.3 is 0 Å². The third-order valence-corrected chi connectivity index (χ3v) is 6.13. The van der Waals surface area contributed by atoms with Crippen molar-refractivity contribution in [3.63, 3.8) is 0 Å². The number of carbonyl (C=O) groups is 3. The van der Waals surface area contributed by atoms with Gasteiger partial charge < -0.3 is 5.32 Å². The van der Waals surface area contributed by atoms with Gasteiger partial charge in [0.2, 0.25) is 17.7 Å². The van der Waals surface area contributed by atoms with Crippen LogP contribution in [-0.4, -0.2) is 34.7 Å². The first-order valence-corrected chi connectivity index (χ1v) is 8.96. The van der Waals surface area contributed by atoms with Crippen molar-refractivity contribution in [3.05, 3.63) is 28.8 Å². The quantitative estimate of drug-likeness (QED) is 0.788. The smallest absolute Gasteiger partial charge is 0.250 e. The molecule has 5 atom stereocenters. The molecule has 25 heavy (non-hydrogen) atoms. The molecular formula is C18H20ClN3O3. The minimum absolute atomic E-state index is 0.182. The lowest BCUT2D eigenvalue weighted by Crippen LogP contribution is -2.53. The summed E-state index contributed by atoms with van der Waals surface area (Å²) in [5.41, 5.74) is 0.0488. The summed E-state index contributed by atoms with van der Waals surface area (Å²) < 4.78 is 0. The fourth-order valence-electron chi connectivity index (χ4n) is 4.58. The predicted octanol–water partition coefficient (Wildman–Crippen LogP) is 1.88. The van der Waals surface area contributed by atoms with E-state index in [1.54, 1.807) is 18.2 Å². The minimum Gasteiger partial charge on any atom is -0.324 e. The molecule has 3 heterocycles. The van der Waals surface area contributed by atoms with Crippen LogP contribution in [-0.2, 0) is 19.9 Å². The molecule has 0 aromatic heterocycles. The van der Waals surface area contributed by atoms with Gasteiger partial charge in [0.15, 0.2) is 0 Å². The first-order valence-electron chi connectivity index (χ1n) is 8.59. The summed E-state index contributed by atoms with van der Waals surface area (Å²) in [5.74, 6) is -2.05. The van der Waals surface area contributed by atoms with Gasteiger partial charge in [-0.25, -0.2) is 0 Å². The zero-order valence-electron chi connectivity index (χ0n) is 14.3. The summed E-state index contributed by atoms with van der Waals surface area (Å²) in [5, 5.41) is 6.59. The maximum absolute atomic E-state index is 13.2. The van der Waals surface area contributed by atoms with Crippen LogP contribution in [0.3, 0.4) is 0 Å². The highest BCUT2D eigenvalue weighted by Crippen LogP contribution is 2.53. The number of rotatable bonds is 2. The van der Waals surface area contributed by atoms with Crippen molar-refractivity contribution in [2.24, 2.45) is 11.8 Å². The van der Waals surface area contributed by atoms with E-state index in [1.165, 1.54) is 4.90 Å². The SMILES string of the molecule is CC[C@H](C)N1C(=O)[C@H]2[C@@H](C1=O)[C@@]1(N[C@@H]2C)C(=O)Nc2ccc(Cl)cc21. The summed E-state index contributed by atoms with van der Waals surface area (Å²) in [6, 6.07) is 4.67. The van der Waals surface area contributed by atoms with E-state index in [2.05, 4.69) is 10.6 Å². The topological polar surface area (TPSA) is 78.5 Å². The van der Waals surface area contributed by atoms with E-state index in [9.17, 15) is 14.4 Å². The molecule has 3 aliphatic heterocycles. The standard InChI is InChI=1S/C18H20ClN3O3/c1-4-8(2)22-15(23)13-9(3)21-18(14(13)16(22)24)11-7-10(19)5-6-12(11)20-17(18)25/h5-9,13-14,21H,4H2,1-3H3,(H,20,25)/t8-,9+,13+,14-,18+/m0/s1. The largest absolute Gasteiger partial charge is 0.324 e. The molecule has 2 saturated heterocycles. The zero-order valence-corrected chi connectivity index (χ0v) is 15.1. The van der Waals surface area contributed by atoms with Crippen LogP contribution in [0.4, 0.5) is 5.69 Å². The van der Waals surface area contributed by atoms with Gasteiger partial charge in [-0.05, 0) is 38.5 Å². The predicted molar refractivity (Wildman–Crippen MR) is 92.9 cm³/mol. The molecular weight excluding hydrogens is 342 g/mol. The highest BCUT2D eigenvalue weighted by molar-refractivity contribution is 6.31. The average Bonchev–Trinajstić information content (AvgIpc) is 3.12. The van der Waals surface area contributed by atoms with Crippen LogP contribution in [0.1, 0.15) is 32.8 Å². The second kappa shape index (κ2) is 5.29. The molecule has 4 rings (SSSR count). The number of amides is 3. The van der Waals surface area contributed by atoms with Gasteiger partial charge in [-0.3, -0.25) is 24.6 Å². The molecule has 7 heteroatoms. The van der Waals surface area contributed by atoms with Gasteiger partial charge in [0, 0.05) is 28.4 Å². The van der Waals surface area contributed by atoms with Crippen molar-refractivity contribution in [3.8, 4) is 0 Å². The van der Waals surface area contributed by atoms with Crippen LogP contribution in [0.25, 0.3) is 0 Å². The summed E-state index contributed by atoms with van der Waals surface area (Å²) in [4.78, 5) is 40.4. The molecule has 1 aromatic carbocycles. The zero-order chi connectivity index (χ0) is 18.1. The van der Waals surface area contributed by atoms with Gasteiger partial charge in [0.1, 0.15) is 5.54 Å². The fourth-order valence-corrected chi connectivity index (χ4v) is 4.75. The number of nitrogens with zero attached hydrogens (tertiary/aromatic N) is 1. The van der Waals surface area contributed by atoms with E-state index in [-0.39, 0.29) is 29.8 Å². The van der Waals surface area contributed by atoms with E-state index in [0.29, 0.717) is 22.7 Å². The van der Waals surface area contributed by atoms with Crippen LogP contribution in [0.5, 0.6) is 0 Å². The number of imide groups is 1. The molecule has 3 amide bonds. The van der Waals surface area contributed by atoms with Gasteiger partial charge in [-0.2, -0.15) is 0 Å². The molecule has 3 aliphatic rings. The number of hydrogen-bond donors (Lipinski definition) is 2. The number of hydrogen-bond acceptors (Lipinski definition) is 4. The second-order valence-electron chi connectivity index (χ2n) is 7.19. The number of anilines is 1. The maximum Gasteiger partial charge on any atom is 0.250 e. The third-order valence-electron chi connectivity index (χ3n) is 5.89. The van der Waals surface area contributed by atoms with Crippen LogP contribution < -0.4 is 10.6 Å². The molecule has 0 bridgehead atoms. The molecule has 2 N–H and O–H groups in total. The van der Waals surface area contributed by atoms with Crippen molar-refractivity contribution >= 4 is 35.0 Å². The fraction of sp³-hybridized carbons (Fsp3) is 0.500. The Morgan fingerprint density at radius 1 is 1.28 bits per heavy atom. The highest BCUT2D eigenvalue weighted by Gasteiger charge is 2.69. The highest BCUT2D eigenvalue weighted by atomic mass is 35.5. The van der Waals surface area contributed by atoms with E-state index in [4.69, 9.17) is 11.6 Å². The number of fused-ring (bicyclic) bond motifs is 4. The van der Waals surface area contributed by atoms with Crippen molar-refractivity contribution in [2.75, 3.05) is 5.32 Å². The summed E-state index contributed by atoms with van der Waals surface area (Å²) in [6.07, 6.45) is 0.681.